The fourth-order valence-electron chi connectivity index (χ4n) is 2.06. The fourth-order valence-corrected chi connectivity index (χ4v) is 4.01. The van der Waals surface area contributed by atoms with E-state index >= 15 is 0 Å². The van der Waals surface area contributed by atoms with E-state index in [1.54, 1.807) is 12.1 Å². The van der Waals surface area contributed by atoms with Gasteiger partial charge in [-0.05, 0) is 31.0 Å². The number of nitrogens with one attached hydrogen (secondary N) is 1. The Balaban J connectivity index is 2.00. The molecule has 1 aromatic carbocycles. The van der Waals surface area contributed by atoms with E-state index in [9.17, 15) is 13.2 Å². The molecule has 104 valence electrons. The molecule has 1 atom stereocenters. The zero-order chi connectivity index (χ0) is 14.0. The van der Waals surface area contributed by atoms with Gasteiger partial charge in [0, 0.05) is 12.1 Å². The number of carbonyl (C=O) groups is 1. The zero-order valence-electron chi connectivity index (χ0n) is 10.2. The summed E-state index contributed by atoms with van der Waals surface area (Å²) in [6.07, 6.45) is 1.27. The highest BCUT2D eigenvalue weighted by Gasteiger charge is 2.31. The predicted octanol–water partition coefficient (Wildman–Crippen LogP) is 1.23. The maximum Gasteiger partial charge on any atom is 0.251 e. The molecule has 1 aliphatic heterocycles. The zero-order valence-corrected chi connectivity index (χ0v) is 11.8. The molecule has 1 heterocycles. The summed E-state index contributed by atoms with van der Waals surface area (Å²) in [5.41, 5.74) is 6.32. The van der Waals surface area contributed by atoms with Crippen molar-refractivity contribution in [2.45, 2.75) is 18.1 Å². The van der Waals surface area contributed by atoms with Gasteiger partial charge in [-0.15, -0.1) is 0 Å². The second-order valence-electron chi connectivity index (χ2n) is 4.58. The molecule has 1 aliphatic rings. The average molecular weight is 303 g/mol. The SMILES string of the molecule is Nc1ccc(C(=O)NCC2CCCS2(=O)=O)cc1Cl. The van der Waals surface area contributed by atoms with E-state index < -0.39 is 15.1 Å². The van der Waals surface area contributed by atoms with Crippen LogP contribution >= 0.6 is 11.6 Å². The largest absolute Gasteiger partial charge is 0.398 e. The molecule has 3 N–H and O–H groups in total. The van der Waals surface area contributed by atoms with Gasteiger partial charge < -0.3 is 11.1 Å². The van der Waals surface area contributed by atoms with Crippen LogP contribution in [0, 0.1) is 0 Å². The van der Waals surface area contributed by atoms with Crippen LogP contribution in [0.3, 0.4) is 0 Å². The van der Waals surface area contributed by atoms with E-state index in [2.05, 4.69) is 5.32 Å². The Morgan fingerprint density at radius 2 is 2.21 bits per heavy atom. The first-order valence-corrected chi connectivity index (χ1v) is 8.04. The maximum atomic E-state index is 11.9. The molecule has 1 aromatic rings. The van der Waals surface area contributed by atoms with E-state index in [1.807, 2.05) is 0 Å². The number of sulfone groups is 1. The Labute approximate surface area is 117 Å². The second kappa shape index (κ2) is 5.38. The van der Waals surface area contributed by atoms with Crippen molar-refractivity contribution in [1.29, 1.82) is 0 Å². The number of nitrogen functional groups attached to an aromatic ring is 1. The number of rotatable bonds is 3. The van der Waals surface area contributed by atoms with Gasteiger partial charge in [-0.25, -0.2) is 8.42 Å². The van der Waals surface area contributed by atoms with Crippen LogP contribution in [0.5, 0.6) is 0 Å². The minimum absolute atomic E-state index is 0.142. The highest BCUT2D eigenvalue weighted by molar-refractivity contribution is 7.92. The van der Waals surface area contributed by atoms with Crippen LogP contribution in [0.2, 0.25) is 5.02 Å². The molecule has 19 heavy (non-hydrogen) atoms. The molecule has 0 saturated carbocycles. The van der Waals surface area contributed by atoms with E-state index in [4.69, 9.17) is 17.3 Å². The molecule has 1 amide bonds. The molecule has 0 spiro atoms. The van der Waals surface area contributed by atoms with Gasteiger partial charge in [0.2, 0.25) is 0 Å². The maximum absolute atomic E-state index is 11.9. The van der Waals surface area contributed by atoms with E-state index in [0.29, 0.717) is 29.1 Å². The van der Waals surface area contributed by atoms with Gasteiger partial charge in [-0.1, -0.05) is 11.6 Å². The van der Waals surface area contributed by atoms with Gasteiger partial charge in [0.15, 0.2) is 9.84 Å². The van der Waals surface area contributed by atoms with Gasteiger partial charge in [0.1, 0.15) is 0 Å². The highest BCUT2D eigenvalue weighted by atomic mass is 35.5. The third-order valence-electron chi connectivity index (χ3n) is 3.22. The first kappa shape index (κ1) is 14.1. The minimum atomic E-state index is -3.04. The van der Waals surface area contributed by atoms with Gasteiger partial charge in [-0.2, -0.15) is 0 Å². The molecule has 1 unspecified atom stereocenters. The Bertz CT molecular complexity index is 601. The fraction of sp³-hybridized carbons (Fsp3) is 0.417. The molecule has 0 aliphatic carbocycles. The number of hydrogen-bond acceptors (Lipinski definition) is 4. The standard InChI is InChI=1S/C12H15ClN2O3S/c13-10-6-8(3-4-11(10)14)12(16)15-7-9-2-1-5-19(9,17)18/h3-4,6,9H,1-2,5,7,14H2,(H,15,16). The van der Waals surface area contributed by atoms with Crippen molar-refractivity contribution in [3.8, 4) is 0 Å². The smallest absolute Gasteiger partial charge is 0.251 e. The van der Waals surface area contributed by atoms with Crippen LogP contribution in [0.1, 0.15) is 23.2 Å². The molecule has 2 rings (SSSR count). The normalized spacial score (nSPS) is 21.2. The summed E-state index contributed by atoms with van der Waals surface area (Å²) in [6, 6.07) is 4.57. The lowest BCUT2D eigenvalue weighted by Gasteiger charge is -2.11. The highest BCUT2D eigenvalue weighted by Crippen LogP contribution is 2.21. The van der Waals surface area contributed by atoms with Gasteiger partial charge in [0.05, 0.1) is 21.7 Å². The summed E-state index contributed by atoms with van der Waals surface area (Å²) in [6.45, 7) is 0.142. The summed E-state index contributed by atoms with van der Waals surface area (Å²) in [4.78, 5) is 11.9. The minimum Gasteiger partial charge on any atom is -0.398 e. The number of halogens is 1. The van der Waals surface area contributed by atoms with Gasteiger partial charge >= 0.3 is 0 Å². The number of benzene rings is 1. The first-order chi connectivity index (χ1) is 8.90. The van der Waals surface area contributed by atoms with Crippen LogP contribution in [0.15, 0.2) is 18.2 Å². The van der Waals surface area contributed by atoms with Gasteiger partial charge in [-0.3, -0.25) is 4.79 Å². The van der Waals surface area contributed by atoms with E-state index in [1.165, 1.54) is 6.07 Å². The van der Waals surface area contributed by atoms with Crippen LogP contribution in [0.4, 0.5) is 5.69 Å². The molecule has 0 aromatic heterocycles. The van der Waals surface area contributed by atoms with Crippen LogP contribution < -0.4 is 11.1 Å². The molecule has 0 radical (unpaired) electrons. The molecular formula is C12H15ClN2O3S. The summed E-state index contributed by atoms with van der Waals surface area (Å²) in [5, 5.41) is 2.46. The molecule has 5 nitrogen and oxygen atoms in total. The number of hydrogen-bond donors (Lipinski definition) is 2. The monoisotopic (exact) mass is 302 g/mol. The number of anilines is 1. The van der Waals surface area contributed by atoms with Crippen molar-refractivity contribution in [2.75, 3.05) is 18.0 Å². The summed E-state index contributed by atoms with van der Waals surface area (Å²) in [5.74, 6) is -0.134. The molecule has 0 bridgehead atoms. The van der Waals surface area contributed by atoms with Gasteiger partial charge in [0.25, 0.3) is 5.91 Å². The van der Waals surface area contributed by atoms with Crippen LogP contribution in [0.25, 0.3) is 0 Å². The van der Waals surface area contributed by atoms with Crippen molar-refractivity contribution >= 4 is 33.0 Å². The molecule has 7 heteroatoms. The Kier molecular flexibility index (Phi) is 4.01. The lowest BCUT2D eigenvalue weighted by atomic mass is 10.2. The van der Waals surface area contributed by atoms with Crippen molar-refractivity contribution in [3.63, 3.8) is 0 Å². The number of amides is 1. The Morgan fingerprint density at radius 1 is 1.47 bits per heavy atom. The number of carbonyl (C=O) groups excluding carboxylic acids is 1. The van der Waals surface area contributed by atoms with Crippen LogP contribution in [-0.4, -0.2) is 31.9 Å². The third-order valence-corrected chi connectivity index (χ3v) is 5.82. The summed E-state index contributed by atoms with van der Waals surface area (Å²) >= 11 is 5.83. The molecule has 1 saturated heterocycles. The second-order valence-corrected chi connectivity index (χ2v) is 7.39. The van der Waals surface area contributed by atoms with Crippen molar-refractivity contribution in [1.82, 2.24) is 5.32 Å². The average Bonchev–Trinajstić information content (AvgIpc) is 2.69. The van der Waals surface area contributed by atoms with Crippen molar-refractivity contribution in [2.24, 2.45) is 0 Å². The third kappa shape index (κ3) is 3.19. The Hall–Kier alpha value is -1.27. The first-order valence-electron chi connectivity index (χ1n) is 5.95. The van der Waals surface area contributed by atoms with E-state index in [-0.39, 0.29) is 18.2 Å². The quantitative estimate of drug-likeness (QED) is 0.822. The van der Waals surface area contributed by atoms with Crippen molar-refractivity contribution in [3.05, 3.63) is 28.8 Å². The summed E-state index contributed by atoms with van der Waals surface area (Å²) < 4.78 is 23.2. The lowest BCUT2D eigenvalue weighted by molar-refractivity contribution is 0.0953. The molecular weight excluding hydrogens is 288 g/mol. The summed E-state index contributed by atoms with van der Waals surface area (Å²) in [7, 11) is -3.04. The number of nitrogens with two attached hydrogens (primary N) is 1. The van der Waals surface area contributed by atoms with Crippen LogP contribution in [-0.2, 0) is 9.84 Å². The lowest BCUT2D eigenvalue weighted by Crippen LogP contribution is -2.34. The Morgan fingerprint density at radius 3 is 2.79 bits per heavy atom. The predicted molar refractivity (Wildman–Crippen MR) is 75.0 cm³/mol. The van der Waals surface area contributed by atoms with Crippen molar-refractivity contribution < 1.29 is 13.2 Å². The topological polar surface area (TPSA) is 89.3 Å². The van der Waals surface area contributed by atoms with E-state index in [0.717, 1.165) is 0 Å². The molecule has 1 fully saturated rings.